The maximum absolute atomic E-state index is 12.5. The normalized spacial score (nSPS) is 18.4. The van der Waals surface area contributed by atoms with Crippen molar-refractivity contribution in [3.05, 3.63) is 28.8 Å². The summed E-state index contributed by atoms with van der Waals surface area (Å²) < 4.78 is 5.30. The minimum Gasteiger partial charge on any atom is -0.496 e. The predicted molar refractivity (Wildman–Crippen MR) is 80.4 cm³/mol. The van der Waals surface area contributed by atoms with Gasteiger partial charge in [-0.3, -0.25) is 4.79 Å². The Labute approximate surface area is 125 Å². The molecule has 2 rings (SSSR count). The molecule has 1 aromatic carbocycles. The quantitative estimate of drug-likeness (QED) is 0.905. The Morgan fingerprint density at radius 2 is 2.35 bits per heavy atom. The van der Waals surface area contributed by atoms with Gasteiger partial charge in [0.15, 0.2) is 0 Å². The highest BCUT2D eigenvalue weighted by Gasteiger charge is 2.28. The Morgan fingerprint density at radius 1 is 1.55 bits per heavy atom. The summed E-state index contributed by atoms with van der Waals surface area (Å²) in [6.45, 7) is 1.69. The lowest BCUT2D eigenvalue weighted by atomic mass is 10.1. The lowest BCUT2D eigenvalue weighted by Gasteiger charge is -2.25. The van der Waals surface area contributed by atoms with Crippen LogP contribution in [0.15, 0.2) is 18.2 Å². The molecular weight excluding hydrogens is 276 g/mol. The van der Waals surface area contributed by atoms with Gasteiger partial charge >= 0.3 is 0 Å². The number of carbonyl (C=O) groups excluding carboxylic acids is 1. The molecule has 1 aliphatic rings. The minimum absolute atomic E-state index is 0.142. The molecule has 0 saturated carbocycles. The molecule has 5 heteroatoms. The average molecular weight is 297 g/mol. The molecule has 1 fully saturated rings. The Balaban J connectivity index is 2.09. The first-order valence-electron chi connectivity index (χ1n) is 6.92. The number of rotatable bonds is 5. The van der Waals surface area contributed by atoms with Gasteiger partial charge in [0, 0.05) is 29.7 Å². The molecule has 1 aromatic rings. The first kappa shape index (κ1) is 15.1. The van der Waals surface area contributed by atoms with E-state index in [4.69, 9.17) is 16.3 Å². The molecule has 1 aliphatic heterocycles. The third-order valence-corrected chi connectivity index (χ3v) is 3.96. The standard InChI is InChI=1S/C15H21ClN2O2/c1-17-10-13-4-3-7-18(13)15(19)9-11-8-12(16)5-6-14(11)20-2/h5-6,8,13,17H,3-4,7,9-10H2,1-2H3. The minimum atomic E-state index is 0.142. The molecule has 0 aliphatic carbocycles. The fraction of sp³-hybridized carbons (Fsp3) is 0.533. The molecule has 1 heterocycles. The van der Waals surface area contributed by atoms with Crippen LogP contribution in [0.4, 0.5) is 0 Å². The molecule has 0 aromatic heterocycles. The van der Waals surface area contributed by atoms with E-state index in [9.17, 15) is 4.79 Å². The molecule has 1 saturated heterocycles. The Bertz CT molecular complexity index is 479. The van der Waals surface area contributed by atoms with Crippen LogP contribution in [-0.2, 0) is 11.2 Å². The van der Waals surface area contributed by atoms with Gasteiger partial charge in [0.2, 0.25) is 5.91 Å². The lowest BCUT2D eigenvalue weighted by Crippen LogP contribution is -2.41. The number of methoxy groups -OCH3 is 1. The summed E-state index contributed by atoms with van der Waals surface area (Å²) in [5, 5.41) is 3.78. The summed E-state index contributed by atoms with van der Waals surface area (Å²) in [4.78, 5) is 14.4. The van der Waals surface area contributed by atoms with Gasteiger partial charge < -0.3 is 15.0 Å². The Morgan fingerprint density at radius 3 is 3.05 bits per heavy atom. The second kappa shape index (κ2) is 6.95. The van der Waals surface area contributed by atoms with Gasteiger partial charge in [-0.1, -0.05) is 11.6 Å². The number of likely N-dealkylation sites (N-methyl/N-ethyl adjacent to an activating group) is 1. The zero-order chi connectivity index (χ0) is 14.5. The summed E-state index contributed by atoms with van der Waals surface area (Å²) in [6, 6.07) is 5.69. The van der Waals surface area contributed by atoms with Gasteiger partial charge in [-0.2, -0.15) is 0 Å². The largest absolute Gasteiger partial charge is 0.496 e. The van der Waals surface area contributed by atoms with E-state index in [1.54, 1.807) is 25.3 Å². The van der Waals surface area contributed by atoms with E-state index in [1.807, 2.05) is 11.9 Å². The van der Waals surface area contributed by atoms with Crippen LogP contribution < -0.4 is 10.1 Å². The second-order valence-corrected chi connectivity index (χ2v) is 5.51. The molecule has 1 atom stereocenters. The van der Waals surface area contributed by atoms with Crippen LogP contribution in [0.1, 0.15) is 18.4 Å². The molecule has 4 nitrogen and oxygen atoms in total. The third kappa shape index (κ3) is 3.44. The van der Waals surface area contributed by atoms with E-state index in [2.05, 4.69) is 5.32 Å². The summed E-state index contributed by atoms with van der Waals surface area (Å²) >= 11 is 6.00. The lowest BCUT2D eigenvalue weighted by molar-refractivity contribution is -0.131. The fourth-order valence-corrected chi connectivity index (χ4v) is 2.96. The third-order valence-electron chi connectivity index (χ3n) is 3.72. The van der Waals surface area contributed by atoms with Crippen molar-refractivity contribution in [2.45, 2.75) is 25.3 Å². The van der Waals surface area contributed by atoms with Gasteiger partial charge in [0.1, 0.15) is 5.75 Å². The van der Waals surface area contributed by atoms with Crippen molar-refractivity contribution in [3.8, 4) is 5.75 Å². The molecule has 110 valence electrons. The van der Waals surface area contributed by atoms with E-state index >= 15 is 0 Å². The summed E-state index contributed by atoms with van der Waals surface area (Å²) in [6.07, 6.45) is 2.48. The SMILES string of the molecule is CNCC1CCCN1C(=O)Cc1cc(Cl)ccc1OC. The molecular formula is C15H21ClN2O2. The van der Waals surface area contributed by atoms with Crippen molar-refractivity contribution in [1.29, 1.82) is 0 Å². The number of hydrogen-bond donors (Lipinski definition) is 1. The van der Waals surface area contributed by atoms with Crippen LogP contribution in [0.5, 0.6) is 5.75 Å². The number of likely N-dealkylation sites (tertiary alicyclic amines) is 1. The number of halogens is 1. The zero-order valence-corrected chi connectivity index (χ0v) is 12.7. The van der Waals surface area contributed by atoms with Crippen LogP contribution in [0, 0.1) is 0 Å². The number of hydrogen-bond acceptors (Lipinski definition) is 3. The predicted octanol–water partition coefficient (Wildman–Crippen LogP) is 2.10. The molecule has 0 spiro atoms. The van der Waals surface area contributed by atoms with Gasteiger partial charge in [0.05, 0.1) is 13.5 Å². The van der Waals surface area contributed by atoms with E-state index in [0.717, 1.165) is 31.5 Å². The maximum Gasteiger partial charge on any atom is 0.227 e. The summed E-state index contributed by atoms with van der Waals surface area (Å²) in [5.41, 5.74) is 0.847. The molecule has 0 radical (unpaired) electrons. The van der Waals surface area contributed by atoms with Crippen LogP contribution in [0.2, 0.25) is 5.02 Å². The van der Waals surface area contributed by atoms with Crippen molar-refractivity contribution < 1.29 is 9.53 Å². The van der Waals surface area contributed by atoms with Gasteiger partial charge in [-0.15, -0.1) is 0 Å². The first-order valence-corrected chi connectivity index (χ1v) is 7.30. The molecule has 1 N–H and O–H groups in total. The van der Waals surface area contributed by atoms with Crippen LogP contribution in [0.25, 0.3) is 0 Å². The van der Waals surface area contributed by atoms with Crippen molar-refractivity contribution in [2.24, 2.45) is 0 Å². The smallest absolute Gasteiger partial charge is 0.227 e. The molecule has 0 bridgehead atoms. The number of ether oxygens (including phenoxy) is 1. The van der Waals surface area contributed by atoms with Gasteiger partial charge in [-0.25, -0.2) is 0 Å². The maximum atomic E-state index is 12.5. The van der Waals surface area contributed by atoms with Crippen molar-refractivity contribution in [1.82, 2.24) is 10.2 Å². The van der Waals surface area contributed by atoms with E-state index in [0.29, 0.717) is 23.2 Å². The Kier molecular flexibility index (Phi) is 5.26. The molecule has 20 heavy (non-hydrogen) atoms. The van der Waals surface area contributed by atoms with Crippen LogP contribution in [0.3, 0.4) is 0 Å². The Hall–Kier alpha value is -1.26. The number of benzene rings is 1. The number of nitrogens with one attached hydrogen (secondary N) is 1. The first-order chi connectivity index (χ1) is 9.65. The molecule has 1 unspecified atom stereocenters. The topological polar surface area (TPSA) is 41.6 Å². The second-order valence-electron chi connectivity index (χ2n) is 5.07. The summed E-state index contributed by atoms with van der Waals surface area (Å²) in [7, 11) is 3.53. The van der Waals surface area contributed by atoms with Crippen molar-refractivity contribution in [2.75, 3.05) is 27.2 Å². The number of carbonyl (C=O) groups is 1. The van der Waals surface area contributed by atoms with E-state index in [-0.39, 0.29) is 5.91 Å². The van der Waals surface area contributed by atoms with E-state index in [1.165, 1.54) is 0 Å². The summed E-state index contributed by atoms with van der Waals surface area (Å²) in [5.74, 6) is 0.857. The van der Waals surface area contributed by atoms with Crippen molar-refractivity contribution in [3.63, 3.8) is 0 Å². The number of amides is 1. The highest BCUT2D eigenvalue weighted by atomic mass is 35.5. The monoisotopic (exact) mass is 296 g/mol. The fourth-order valence-electron chi connectivity index (χ4n) is 2.76. The van der Waals surface area contributed by atoms with Crippen LogP contribution >= 0.6 is 11.6 Å². The van der Waals surface area contributed by atoms with Crippen LogP contribution in [-0.4, -0.2) is 44.1 Å². The number of nitrogens with zero attached hydrogens (tertiary/aromatic N) is 1. The van der Waals surface area contributed by atoms with Gasteiger partial charge in [0.25, 0.3) is 0 Å². The van der Waals surface area contributed by atoms with Gasteiger partial charge in [-0.05, 0) is 38.1 Å². The highest BCUT2D eigenvalue weighted by molar-refractivity contribution is 6.30. The molecule has 1 amide bonds. The van der Waals surface area contributed by atoms with Crippen molar-refractivity contribution >= 4 is 17.5 Å². The average Bonchev–Trinajstić information content (AvgIpc) is 2.88. The zero-order valence-electron chi connectivity index (χ0n) is 12.0. The van der Waals surface area contributed by atoms with E-state index < -0.39 is 0 Å². The highest BCUT2D eigenvalue weighted by Crippen LogP contribution is 2.25.